The van der Waals surface area contributed by atoms with Gasteiger partial charge in [-0.2, -0.15) is 0 Å². The van der Waals surface area contributed by atoms with Gasteiger partial charge in [-0.3, -0.25) is 0 Å². The van der Waals surface area contributed by atoms with Crippen molar-refractivity contribution in [2.75, 3.05) is 13.2 Å². The van der Waals surface area contributed by atoms with Crippen molar-refractivity contribution in [2.45, 2.75) is 25.3 Å². The molecule has 1 aliphatic carbocycles. The minimum atomic E-state index is 0.00771. The maximum Gasteiger partial charge on any atom is 0.161 e. The van der Waals surface area contributed by atoms with Gasteiger partial charge in [-0.1, -0.05) is 17.7 Å². The van der Waals surface area contributed by atoms with E-state index < -0.39 is 0 Å². The molecule has 90 valence electrons. The summed E-state index contributed by atoms with van der Waals surface area (Å²) in [7, 11) is 0. The Morgan fingerprint density at radius 1 is 1.12 bits per heavy atom. The lowest BCUT2D eigenvalue weighted by atomic mass is 9.98. The first-order valence-electron chi connectivity index (χ1n) is 6.18. The lowest BCUT2D eigenvalue weighted by Crippen LogP contribution is -2.17. The molecule has 0 radical (unpaired) electrons. The van der Waals surface area contributed by atoms with Crippen LogP contribution < -0.4 is 15.2 Å². The fourth-order valence-electron chi connectivity index (χ4n) is 2.45. The number of hydrogen-bond acceptors (Lipinski definition) is 3. The van der Waals surface area contributed by atoms with Gasteiger partial charge in [0.15, 0.2) is 11.5 Å². The third kappa shape index (κ3) is 2.03. The summed E-state index contributed by atoms with van der Waals surface area (Å²) in [5.74, 6) is 1.65. The molecule has 0 aromatic heterocycles. The highest BCUT2D eigenvalue weighted by molar-refractivity contribution is 5.46. The summed E-state index contributed by atoms with van der Waals surface area (Å²) in [6.07, 6.45) is 5.78. The van der Waals surface area contributed by atoms with Crippen LogP contribution in [0.3, 0.4) is 0 Å². The van der Waals surface area contributed by atoms with Crippen LogP contribution in [0.15, 0.2) is 29.8 Å². The molecule has 3 rings (SSSR count). The maximum absolute atomic E-state index is 6.27. The van der Waals surface area contributed by atoms with Crippen molar-refractivity contribution < 1.29 is 9.47 Å². The van der Waals surface area contributed by atoms with Gasteiger partial charge in [0, 0.05) is 0 Å². The molecule has 17 heavy (non-hydrogen) atoms. The molecule has 1 unspecified atom stereocenters. The molecule has 0 saturated carbocycles. The smallest absolute Gasteiger partial charge is 0.161 e. The van der Waals surface area contributed by atoms with E-state index in [1.54, 1.807) is 0 Å². The molecule has 0 fully saturated rings. The molecular formula is C14H17NO2. The normalized spacial score (nSPS) is 19.9. The van der Waals surface area contributed by atoms with Crippen molar-refractivity contribution in [3.63, 3.8) is 0 Å². The number of hydrogen-bond donors (Lipinski definition) is 1. The highest BCUT2D eigenvalue weighted by Gasteiger charge is 2.18. The van der Waals surface area contributed by atoms with E-state index in [-0.39, 0.29) is 6.04 Å². The molecule has 1 heterocycles. The Labute approximate surface area is 101 Å². The van der Waals surface area contributed by atoms with Gasteiger partial charge in [-0.25, -0.2) is 0 Å². The molecule has 3 heteroatoms. The second kappa shape index (κ2) is 4.41. The summed E-state index contributed by atoms with van der Waals surface area (Å²) in [4.78, 5) is 0. The molecule has 1 aliphatic heterocycles. The second-order valence-corrected chi connectivity index (χ2v) is 4.55. The van der Waals surface area contributed by atoms with Gasteiger partial charge in [-0.05, 0) is 37.0 Å². The molecule has 2 aliphatic rings. The zero-order chi connectivity index (χ0) is 11.7. The van der Waals surface area contributed by atoms with Crippen molar-refractivity contribution in [2.24, 2.45) is 5.73 Å². The highest BCUT2D eigenvalue weighted by atomic mass is 16.6. The van der Waals surface area contributed by atoms with E-state index in [0.717, 1.165) is 29.9 Å². The summed E-state index contributed by atoms with van der Waals surface area (Å²) in [6, 6.07) is 6.02. The highest BCUT2D eigenvalue weighted by Crippen LogP contribution is 2.35. The largest absolute Gasteiger partial charge is 0.486 e. The summed E-state index contributed by atoms with van der Waals surface area (Å²) in [5, 5.41) is 0. The van der Waals surface area contributed by atoms with Gasteiger partial charge >= 0.3 is 0 Å². The number of nitrogens with two attached hydrogens (primary N) is 1. The van der Waals surface area contributed by atoms with Gasteiger partial charge in [0.1, 0.15) is 13.2 Å². The molecule has 1 atom stereocenters. The van der Waals surface area contributed by atoms with Crippen LogP contribution in [0, 0.1) is 0 Å². The topological polar surface area (TPSA) is 44.5 Å². The Hall–Kier alpha value is -1.48. The van der Waals surface area contributed by atoms with Crippen molar-refractivity contribution >= 4 is 0 Å². The molecular weight excluding hydrogens is 214 g/mol. The lowest BCUT2D eigenvalue weighted by Gasteiger charge is -2.21. The maximum atomic E-state index is 6.27. The second-order valence-electron chi connectivity index (χ2n) is 4.55. The monoisotopic (exact) mass is 231 g/mol. The number of fused-ring (bicyclic) bond motifs is 1. The van der Waals surface area contributed by atoms with Crippen molar-refractivity contribution in [3.05, 3.63) is 35.4 Å². The van der Waals surface area contributed by atoms with Crippen LogP contribution in [-0.4, -0.2) is 13.2 Å². The fraction of sp³-hybridized carbons (Fsp3) is 0.429. The molecule has 0 amide bonds. The van der Waals surface area contributed by atoms with Crippen LogP contribution in [0.2, 0.25) is 0 Å². The third-order valence-electron chi connectivity index (χ3n) is 3.40. The van der Waals surface area contributed by atoms with Crippen molar-refractivity contribution in [1.29, 1.82) is 0 Å². The minimum absolute atomic E-state index is 0.00771. The van der Waals surface area contributed by atoms with Gasteiger partial charge < -0.3 is 15.2 Å². The van der Waals surface area contributed by atoms with E-state index in [1.165, 1.54) is 12.0 Å². The van der Waals surface area contributed by atoms with Crippen LogP contribution in [-0.2, 0) is 0 Å². The van der Waals surface area contributed by atoms with E-state index in [2.05, 4.69) is 6.08 Å². The SMILES string of the molecule is NC(C1=CCCC1)c1ccc2c(c1)OCCO2. The zero-order valence-corrected chi connectivity index (χ0v) is 9.82. The predicted molar refractivity (Wildman–Crippen MR) is 66.3 cm³/mol. The number of rotatable bonds is 2. The Morgan fingerprint density at radius 3 is 2.71 bits per heavy atom. The summed E-state index contributed by atoms with van der Waals surface area (Å²) >= 11 is 0. The number of ether oxygens (including phenoxy) is 2. The average Bonchev–Trinajstić information content (AvgIpc) is 2.91. The van der Waals surface area contributed by atoms with E-state index in [0.29, 0.717) is 13.2 Å². The molecule has 2 N–H and O–H groups in total. The molecule has 1 aromatic carbocycles. The van der Waals surface area contributed by atoms with Gasteiger partial charge in [0.25, 0.3) is 0 Å². The van der Waals surface area contributed by atoms with Crippen molar-refractivity contribution in [1.82, 2.24) is 0 Å². The molecule has 1 aromatic rings. The standard InChI is InChI=1S/C14H17NO2/c15-14(10-3-1-2-4-10)11-5-6-12-13(9-11)17-8-7-16-12/h3,5-6,9,14H,1-2,4,7-8,15H2. The van der Waals surface area contributed by atoms with E-state index in [1.807, 2.05) is 18.2 Å². The zero-order valence-electron chi connectivity index (χ0n) is 9.82. The fourth-order valence-corrected chi connectivity index (χ4v) is 2.45. The number of allylic oxidation sites excluding steroid dienone is 1. The summed E-state index contributed by atoms with van der Waals surface area (Å²) in [6.45, 7) is 1.25. The van der Waals surface area contributed by atoms with Crippen molar-refractivity contribution in [3.8, 4) is 11.5 Å². The van der Waals surface area contributed by atoms with E-state index in [4.69, 9.17) is 15.2 Å². The first-order valence-corrected chi connectivity index (χ1v) is 6.18. The molecule has 0 spiro atoms. The van der Waals surface area contributed by atoms with Crippen LogP contribution in [0.4, 0.5) is 0 Å². The quantitative estimate of drug-likeness (QED) is 0.796. The van der Waals surface area contributed by atoms with Crippen LogP contribution in [0.25, 0.3) is 0 Å². The average molecular weight is 231 g/mol. The molecule has 0 bridgehead atoms. The Bertz CT molecular complexity index is 454. The Morgan fingerprint density at radius 2 is 1.94 bits per heavy atom. The van der Waals surface area contributed by atoms with Crippen LogP contribution in [0.1, 0.15) is 30.9 Å². The van der Waals surface area contributed by atoms with E-state index >= 15 is 0 Å². The van der Waals surface area contributed by atoms with Gasteiger partial charge in [0.2, 0.25) is 0 Å². The molecule has 3 nitrogen and oxygen atoms in total. The lowest BCUT2D eigenvalue weighted by molar-refractivity contribution is 0.171. The predicted octanol–water partition coefficient (Wildman–Crippen LogP) is 2.57. The summed E-state index contributed by atoms with van der Waals surface area (Å²) in [5.41, 5.74) is 8.73. The van der Waals surface area contributed by atoms with Gasteiger partial charge in [0.05, 0.1) is 6.04 Å². The number of benzene rings is 1. The summed E-state index contributed by atoms with van der Waals surface area (Å²) < 4.78 is 11.1. The first kappa shape index (κ1) is 10.7. The minimum Gasteiger partial charge on any atom is -0.486 e. The third-order valence-corrected chi connectivity index (χ3v) is 3.40. The Balaban J connectivity index is 1.87. The molecule has 0 saturated heterocycles. The van der Waals surface area contributed by atoms with Crippen LogP contribution in [0.5, 0.6) is 11.5 Å². The first-order chi connectivity index (χ1) is 8.34. The van der Waals surface area contributed by atoms with Gasteiger partial charge in [-0.15, -0.1) is 0 Å². The van der Waals surface area contributed by atoms with Crippen LogP contribution >= 0.6 is 0 Å². The Kier molecular flexibility index (Phi) is 2.77. The van der Waals surface area contributed by atoms with E-state index in [9.17, 15) is 0 Å².